The summed E-state index contributed by atoms with van der Waals surface area (Å²) < 4.78 is 19.6. The van der Waals surface area contributed by atoms with Crippen LogP contribution in [0, 0.1) is 17.2 Å². The molecule has 0 aliphatic rings. The Morgan fingerprint density at radius 2 is 2.00 bits per heavy atom. The number of halogens is 1. The van der Waals surface area contributed by atoms with Gasteiger partial charge in [0, 0.05) is 5.39 Å². The summed E-state index contributed by atoms with van der Waals surface area (Å²) in [5, 5.41) is 4.30. The average molecular weight is 291 g/mol. The first-order chi connectivity index (χ1) is 9.82. The van der Waals surface area contributed by atoms with Crippen molar-refractivity contribution in [2.45, 2.75) is 47.1 Å². The molecular weight excluding hydrogens is 265 g/mol. The summed E-state index contributed by atoms with van der Waals surface area (Å²) in [7, 11) is 0. The molecule has 0 saturated heterocycles. The van der Waals surface area contributed by atoms with Gasteiger partial charge in [-0.25, -0.2) is 4.39 Å². The van der Waals surface area contributed by atoms with Gasteiger partial charge >= 0.3 is 0 Å². The van der Waals surface area contributed by atoms with E-state index in [-0.39, 0.29) is 17.3 Å². The number of hydrogen-bond donors (Lipinski definition) is 1. The Morgan fingerprint density at radius 3 is 2.57 bits per heavy atom. The van der Waals surface area contributed by atoms with Crippen LogP contribution in [0.25, 0.3) is 11.0 Å². The fraction of sp³-hybridized carbons (Fsp3) is 0.556. The van der Waals surface area contributed by atoms with Crippen LogP contribution in [-0.4, -0.2) is 6.54 Å². The Labute approximate surface area is 126 Å². The van der Waals surface area contributed by atoms with E-state index in [1.165, 1.54) is 6.07 Å². The minimum Gasteiger partial charge on any atom is -0.456 e. The lowest BCUT2D eigenvalue weighted by molar-refractivity contribution is 0.216. The number of benzene rings is 1. The maximum absolute atomic E-state index is 13.8. The second-order valence-corrected chi connectivity index (χ2v) is 6.92. The zero-order valence-corrected chi connectivity index (χ0v) is 13.7. The zero-order valence-electron chi connectivity index (χ0n) is 13.7. The third kappa shape index (κ3) is 3.65. The van der Waals surface area contributed by atoms with Crippen molar-refractivity contribution in [1.29, 1.82) is 0 Å². The molecule has 0 saturated carbocycles. The van der Waals surface area contributed by atoms with E-state index in [9.17, 15) is 4.39 Å². The van der Waals surface area contributed by atoms with Gasteiger partial charge in [0.2, 0.25) is 0 Å². The Hall–Kier alpha value is -1.35. The largest absolute Gasteiger partial charge is 0.456 e. The van der Waals surface area contributed by atoms with Crippen LogP contribution < -0.4 is 5.32 Å². The molecule has 1 N–H and O–H groups in total. The molecule has 2 unspecified atom stereocenters. The molecule has 21 heavy (non-hydrogen) atoms. The summed E-state index contributed by atoms with van der Waals surface area (Å²) in [6.45, 7) is 11.9. The molecular formula is C18H26FNO. The van der Waals surface area contributed by atoms with Crippen LogP contribution >= 0.6 is 0 Å². The Balaban J connectivity index is 2.30. The number of fused-ring (bicyclic) bond motifs is 1. The van der Waals surface area contributed by atoms with E-state index < -0.39 is 0 Å². The summed E-state index contributed by atoms with van der Waals surface area (Å²) >= 11 is 0. The Bertz CT molecular complexity index is 597. The predicted molar refractivity (Wildman–Crippen MR) is 85.8 cm³/mol. The summed E-state index contributed by atoms with van der Waals surface area (Å²) in [4.78, 5) is 0. The van der Waals surface area contributed by atoms with Crippen LogP contribution in [0.15, 0.2) is 28.7 Å². The average Bonchev–Trinajstić information content (AvgIpc) is 2.82. The Kier molecular flexibility index (Phi) is 4.72. The van der Waals surface area contributed by atoms with Crippen LogP contribution in [0.4, 0.5) is 4.39 Å². The van der Waals surface area contributed by atoms with Crippen molar-refractivity contribution in [3.05, 3.63) is 35.8 Å². The highest BCUT2D eigenvalue weighted by molar-refractivity contribution is 5.78. The molecule has 0 aliphatic heterocycles. The van der Waals surface area contributed by atoms with Crippen LogP contribution in [0.2, 0.25) is 0 Å². The van der Waals surface area contributed by atoms with Gasteiger partial charge in [0.25, 0.3) is 0 Å². The predicted octanol–water partition coefficient (Wildman–Crippen LogP) is 5.29. The molecule has 2 atom stereocenters. The van der Waals surface area contributed by atoms with E-state index in [0.717, 1.165) is 24.1 Å². The number of para-hydroxylation sites is 1. The molecule has 0 spiro atoms. The topological polar surface area (TPSA) is 25.2 Å². The molecule has 1 aromatic carbocycles. The standard InChI is InChI=1S/C18H26FNO/c1-6-20-15(10-12(2)18(3,4)5)16-11-13-8-7-9-14(19)17(13)21-16/h7-9,11-12,15,20H,6,10H2,1-5H3. The second-order valence-electron chi connectivity index (χ2n) is 6.92. The van der Waals surface area contributed by atoms with Crippen LogP contribution in [-0.2, 0) is 0 Å². The first-order valence-electron chi connectivity index (χ1n) is 7.74. The summed E-state index contributed by atoms with van der Waals surface area (Å²) in [5.41, 5.74) is 0.601. The number of nitrogens with one attached hydrogen (secondary N) is 1. The molecule has 2 nitrogen and oxygen atoms in total. The van der Waals surface area contributed by atoms with Gasteiger partial charge in [0.1, 0.15) is 5.76 Å². The quantitative estimate of drug-likeness (QED) is 0.809. The molecule has 0 bridgehead atoms. The normalized spacial score (nSPS) is 15.3. The maximum Gasteiger partial charge on any atom is 0.169 e. The van der Waals surface area contributed by atoms with E-state index in [4.69, 9.17) is 4.42 Å². The molecule has 2 rings (SSSR count). The lowest BCUT2D eigenvalue weighted by atomic mass is 9.78. The summed E-state index contributed by atoms with van der Waals surface area (Å²) in [6, 6.07) is 7.13. The van der Waals surface area contributed by atoms with E-state index >= 15 is 0 Å². The highest BCUT2D eigenvalue weighted by Crippen LogP contribution is 2.35. The zero-order chi connectivity index (χ0) is 15.6. The van der Waals surface area contributed by atoms with Crippen molar-refractivity contribution in [2.75, 3.05) is 6.54 Å². The highest BCUT2D eigenvalue weighted by atomic mass is 19.1. The molecule has 0 fully saturated rings. The van der Waals surface area contributed by atoms with Gasteiger partial charge in [-0.3, -0.25) is 0 Å². The SMILES string of the molecule is CCNC(CC(C)C(C)(C)C)c1cc2cccc(F)c2o1. The van der Waals surface area contributed by atoms with Crippen molar-refractivity contribution in [1.82, 2.24) is 5.32 Å². The monoisotopic (exact) mass is 291 g/mol. The second kappa shape index (κ2) is 6.18. The first kappa shape index (κ1) is 16.0. The number of rotatable bonds is 5. The summed E-state index contributed by atoms with van der Waals surface area (Å²) in [6.07, 6.45) is 0.971. The third-order valence-corrected chi connectivity index (χ3v) is 4.38. The van der Waals surface area contributed by atoms with Gasteiger partial charge in [-0.1, -0.05) is 46.8 Å². The van der Waals surface area contributed by atoms with Crippen molar-refractivity contribution in [3.63, 3.8) is 0 Å². The fourth-order valence-electron chi connectivity index (χ4n) is 2.47. The Morgan fingerprint density at radius 1 is 1.29 bits per heavy atom. The van der Waals surface area contributed by atoms with Gasteiger partial charge in [-0.15, -0.1) is 0 Å². The number of furan rings is 1. The highest BCUT2D eigenvalue weighted by Gasteiger charge is 2.26. The van der Waals surface area contributed by atoms with Crippen molar-refractivity contribution >= 4 is 11.0 Å². The molecule has 0 radical (unpaired) electrons. The maximum atomic E-state index is 13.8. The van der Waals surface area contributed by atoms with Gasteiger partial charge < -0.3 is 9.73 Å². The van der Waals surface area contributed by atoms with Gasteiger partial charge in [0.05, 0.1) is 6.04 Å². The van der Waals surface area contributed by atoms with E-state index in [1.54, 1.807) is 6.07 Å². The molecule has 2 aromatic rings. The van der Waals surface area contributed by atoms with E-state index in [2.05, 4.69) is 39.9 Å². The fourth-order valence-corrected chi connectivity index (χ4v) is 2.47. The van der Waals surface area contributed by atoms with Crippen LogP contribution in [0.3, 0.4) is 0 Å². The number of hydrogen-bond acceptors (Lipinski definition) is 2. The first-order valence-corrected chi connectivity index (χ1v) is 7.74. The molecule has 116 valence electrons. The van der Waals surface area contributed by atoms with Gasteiger partial charge in [-0.2, -0.15) is 0 Å². The lowest BCUT2D eigenvalue weighted by Crippen LogP contribution is -2.27. The minimum absolute atomic E-state index is 0.121. The minimum atomic E-state index is -0.294. The smallest absolute Gasteiger partial charge is 0.169 e. The van der Waals surface area contributed by atoms with Crippen LogP contribution in [0.5, 0.6) is 0 Å². The van der Waals surface area contributed by atoms with E-state index in [1.807, 2.05) is 12.1 Å². The van der Waals surface area contributed by atoms with Gasteiger partial charge in [-0.05, 0) is 36.4 Å². The molecule has 0 amide bonds. The van der Waals surface area contributed by atoms with Crippen LogP contribution in [0.1, 0.15) is 52.8 Å². The van der Waals surface area contributed by atoms with Crippen molar-refractivity contribution in [2.24, 2.45) is 11.3 Å². The van der Waals surface area contributed by atoms with Gasteiger partial charge in [0.15, 0.2) is 11.4 Å². The molecule has 1 heterocycles. The third-order valence-electron chi connectivity index (χ3n) is 4.38. The summed E-state index contributed by atoms with van der Waals surface area (Å²) in [5.74, 6) is 1.06. The lowest BCUT2D eigenvalue weighted by Gasteiger charge is -2.30. The molecule has 1 aromatic heterocycles. The molecule has 0 aliphatic carbocycles. The van der Waals surface area contributed by atoms with E-state index in [0.29, 0.717) is 11.5 Å². The van der Waals surface area contributed by atoms with Crippen molar-refractivity contribution < 1.29 is 8.81 Å². The molecule has 3 heteroatoms. The van der Waals surface area contributed by atoms with Crippen molar-refractivity contribution in [3.8, 4) is 0 Å².